The smallest absolute Gasteiger partial charge is 0.249 e. The second kappa shape index (κ2) is 7.59. The lowest BCUT2D eigenvalue weighted by atomic mass is 10.1. The Morgan fingerprint density at radius 1 is 1.20 bits per heavy atom. The molecule has 0 saturated carbocycles. The van der Waals surface area contributed by atoms with Crippen molar-refractivity contribution in [2.24, 2.45) is 0 Å². The minimum absolute atomic E-state index is 0.0518. The Kier molecular flexibility index (Phi) is 4.96. The summed E-state index contributed by atoms with van der Waals surface area (Å²) in [6.45, 7) is 6.14. The van der Waals surface area contributed by atoms with Crippen molar-refractivity contribution in [3.8, 4) is 23.4 Å². The first-order chi connectivity index (χ1) is 14.5. The Hall–Kier alpha value is -3.73. The van der Waals surface area contributed by atoms with E-state index < -0.39 is 0 Å². The topological polar surface area (TPSA) is 90.9 Å². The van der Waals surface area contributed by atoms with Gasteiger partial charge in [-0.2, -0.15) is 10.2 Å². The van der Waals surface area contributed by atoms with Crippen molar-refractivity contribution < 1.29 is 4.79 Å². The zero-order valence-corrected chi connectivity index (χ0v) is 17.4. The number of rotatable bonds is 4. The van der Waals surface area contributed by atoms with Crippen LogP contribution in [0.4, 0.5) is 11.5 Å². The largest absolute Gasteiger partial charge is 0.340 e. The van der Waals surface area contributed by atoms with Crippen LogP contribution in [0.2, 0.25) is 0 Å². The van der Waals surface area contributed by atoms with Gasteiger partial charge >= 0.3 is 0 Å². The van der Waals surface area contributed by atoms with E-state index in [9.17, 15) is 4.79 Å². The van der Waals surface area contributed by atoms with E-state index in [1.165, 1.54) is 0 Å². The number of benzene rings is 1. The summed E-state index contributed by atoms with van der Waals surface area (Å²) < 4.78 is 1.82. The van der Waals surface area contributed by atoms with Gasteiger partial charge in [0.25, 0.3) is 0 Å². The molecule has 0 N–H and O–H groups in total. The second-order valence-electron chi connectivity index (χ2n) is 7.51. The van der Waals surface area contributed by atoms with Crippen LogP contribution >= 0.6 is 0 Å². The first-order valence-electron chi connectivity index (χ1n) is 9.93. The molecule has 0 bridgehead atoms. The SMILES string of the molecule is CC[C@@H]1C(=O)N(C)c2cnc(-n3ccnc3-c3ccc(C#N)cc3)nc2N1C(C)C. The average molecular weight is 401 g/mol. The van der Waals surface area contributed by atoms with Crippen LogP contribution in [0.1, 0.15) is 32.8 Å². The molecule has 0 spiro atoms. The number of hydrogen-bond acceptors (Lipinski definition) is 6. The molecular formula is C22H23N7O. The highest BCUT2D eigenvalue weighted by Crippen LogP contribution is 2.36. The van der Waals surface area contributed by atoms with Crippen LogP contribution in [0.3, 0.4) is 0 Å². The standard InChI is InChI=1S/C22H23N7O/c1-5-17-21(30)27(4)18-13-25-22(26-20(18)29(17)14(2)3)28-11-10-24-19(28)16-8-6-15(12-23)7-9-16/h6-11,13-14,17H,5H2,1-4H3/t17-/m1/s1. The second-order valence-corrected chi connectivity index (χ2v) is 7.51. The molecule has 0 fully saturated rings. The van der Waals surface area contributed by atoms with Gasteiger partial charge in [-0.3, -0.25) is 9.36 Å². The van der Waals surface area contributed by atoms with E-state index in [-0.39, 0.29) is 18.0 Å². The molecule has 152 valence electrons. The normalized spacial score (nSPS) is 16.0. The molecule has 1 aliphatic heterocycles. The van der Waals surface area contributed by atoms with Gasteiger partial charge in [-0.1, -0.05) is 6.92 Å². The van der Waals surface area contributed by atoms with Crippen molar-refractivity contribution >= 4 is 17.4 Å². The van der Waals surface area contributed by atoms with Crippen molar-refractivity contribution in [3.05, 3.63) is 48.4 Å². The number of carbonyl (C=O) groups excluding carboxylic acids is 1. The Morgan fingerprint density at radius 3 is 2.57 bits per heavy atom. The Labute approximate surface area is 175 Å². The zero-order valence-electron chi connectivity index (χ0n) is 17.4. The van der Waals surface area contributed by atoms with Gasteiger partial charge in [0.15, 0.2) is 5.82 Å². The molecule has 0 radical (unpaired) electrons. The number of aromatic nitrogens is 4. The molecule has 3 aromatic rings. The number of anilines is 2. The predicted molar refractivity (Wildman–Crippen MR) is 114 cm³/mol. The van der Waals surface area contributed by atoms with Gasteiger partial charge in [0.1, 0.15) is 17.6 Å². The van der Waals surface area contributed by atoms with Crippen molar-refractivity contribution in [1.29, 1.82) is 5.26 Å². The Bertz CT molecular complexity index is 1130. The summed E-state index contributed by atoms with van der Waals surface area (Å²) in [7, 11) is 1.77. The molecule has 1 aromatic carbocycles. The van der Waals surface area contributed by atoms with Crippen LogP contribution < -0.4 is 9.80 Å². The Morgan fingerprint density at radius 2 is 1.93 bits per heavy atom. The van der Waals surface area contributed by atoms with E-state index >= 15 is 0 Å². The third-order valence-corrected chi connectivity index (χ3v) is 5.37. The van der Waals surface area contributed by atoms with E-state index in [1.54, 1.807) is 36.5 Å². The maximum absolute atomic E-state index is 12.8. The van der Waals surface area contributed by atoms with Gasteiger partial charge in [0.05, 0.1) is 17.8 Å². The third kappa shape index (κ3) is 3.08. The van der Waals surface area contributed by atoms with E-state index in [2.05, 4.69) is 34.8 Å². The predicted octanol–water partition coefficient (Wildman–Crippen LogP) is 3.17. The van der Waals surface area contributed by atoms with Gasteiger partial charge in [-0.15, -0.1) is 0 Å². The summed E-state index contributed by atoms with van der Waals surface area (Å²) in [5.74, 6) is 1.95. The van der Waals surface area contributed by atoms with E-state index in [1.807, 2.05) is 29.8 Å². The van der Waals surface area contributed by atoms with Crippen LogP contribution in [-0.2, 0) is 4.79 Å². The molecule has 8 heteroatoms. The monoisotopic (exact) mass is 401 g/mol. The molecule has 1 amide bonds. The van der Waals surface area contributed by atoms with Gasteiger partial charge < -0.3 is 9.80 Å². The number of hydrogen-bond donors (Lipinski definition) is 0. The number of likely N-dealkylation sites (N-methyl/N-ethyl adjacent to an activating group) is 1. The highest BCUT2D eigenvalue weighted by Gasteiger charge is 2.38. The summed E-state index contributed by atoms with van der Waals surface area (Å²) in [4.78, 5) is 30.4. The zero-order chi connectivity index (χ0) is 21.4. The maximum Gasteiger partial charge on any atom is 0.249 e. The molecule has 0 saturated heterocycles. The van der Waals surface area contributed by atoms with E-state index in [0.717, 1.165) is 11.4 Å². The molecule has 0 aliphatic carbocycles. The van der Waals surface area contributed by atoms with Crippen LogP contribution in [0.15, 0.2) is 42.9 Å². The van der Waals surface area contributed by atoms with E-state index in [4.69, 9.17) is 10.2 Å². The lowest BCUT2D eigenvalue weighted by molar-refractivity contribution is -0.120. The molecular weight excluding hydrogens is 378 g/mol. The van der Waals surface area contributed by atoms with Gasteiger partial charge in [0.2, 0.25) is 11.9 Å². The summed E-state index contributed by atoms with van der Waals surface area (Å²) in [6, 6.07) is 9.20. The van der Waals surface area contributed by atoms with Crippen molar-refractivity contribution in [3.63, 3.8) is 0 Å². The van der Waals surface area contributed by atoms with E-state index in [0.29, 0.717) is 29.4 Å². The highest BCUT2D eigenvalue weighted by atomic mass is 16.2. The molecule has 4 rings (SSSR count). The lowest BCUT2D eigenvalue weighted by Crippen LogP contribution is -2.55. The Balaban J connectivity index is 1.82. The summed E-state index contributed by atoms with van der Waals surface area (Å²) >= 11 is 0. The number of nitriles is 1. The third-order valence-electron chi connectivity index (χ3n) is 5.37. The minimum Gasteiger partial charge on any atom is -0.340 e. The molecule has 1 aliphatic rings. The first-order valence-corrected chi connectivity index (χ1v) is 9.93. The van der Waals surface area contributed by atoms with Gasteiger partial charge in [-0.05, 0) is 44.5 Å². The number of amides is 1. The van der Waals surface area contributed by atoms with Gasteiger partial charge in [-0.25, -0.2) is 9.97 Å². The lowest BCUT2D eigenvalue weighted by Gasteiger charge is -2.42. The van der Waals surface area contributed by atoms with Crippen LogP contribution in [-0.4, -0.2) is 44.6 Å². The summed E-state index contributed by atoms with van der Waals surface area (Å²) in [5, 5.41) is 9.03. The quantitative estimate of drug-likeness (QED) is 0.667. The minimum atomic E-state index is -0.258. The molecule has 2 aromatic heterocycles. The van der Waals surface area contributed by atoms with Crippen LogP contribution in [0.25, 0.3) is 17.3 Å². The average Bonchev–Trinajstić information content (AvgIpc) is 3.25. The fourth-order valence-corrected chi connectivity index (χ4v) is 3.86. The fourth-order valence-electron chi connectivity index (χ4n) is 3.86. The summed E-state index contributed by atoms with van der Waals surface area (Å²) in [6.07, 6.45) is 5.89. The maximum atomic E-state index is 12.8. The molecule has 0 unspecified atom stereocenters. The number of carbonyl (C=O) groups is 1. The molecule has 1 atom stereocenters. The number of nitrogens with zero attached hydrogens (tertiary/aromatic N) is 7. The first kappa shape index (κ1) is 19.6. The highest BCUT2D eigenvalue weighted by molar-refractivity contribution is 6.04. The van der Waals surface area contributed by atoms with Crippen molar-refractivity contribution in [2.75, 3.05) is 16.8 Å². The van der Waals surface area contributed by atoms with Crippen molar-refractivity contribution in [1.82, 2.24) is 19.5 Å². The molecule has 3 heterocycles. The van der Waals surface area contributed by atoms with Crippen LogP contribution in [0, 0.1) is 11.3 Å². The van der Waals surface area contributed by atoms with Crippen LogP contribution in [0.5, 0.6) is 0 Å². The fraction of sp³-hybridized carbons (Fsp3) is 0.318. The number of imidazole rings is 1. The molecule has 30 heavy (non-hydrogen) atoms. The van der Waals surface area contributed by atoms with Crippen molar-refractivity contribution in [2.45, 2.75) is 39.3 Å². The summed E-state index contributed by atoms with van der Waals surface area (Å²) in [5.41, 5.74) is 2.15. The number of fused-ring (bicyclic) bond motifs is 1. The molecule has 8 nitrogen and oxygen atoms in total. The van der Waals surface area contributed by atoms with Gasteiger partial charge in [0, 0.05) is 31.0 Å².